The molecular formula is C10H11N5O. The number of aryl methyl sites for hydroxylation is 1. The molecule has 6 heteroatoms. The minimum Gasteiger partial charge on any atom is -0.409 e. The van der Waals surface area contributed by atoms with Gasteiger partial charge in [0.1, 0.15) is 12.1 Å². The number of aromatic nitrogens is 3. The third-order valence-electron chi connectivity index (χ3n) is 2.16. The maximum atomic E-state index is 8.65. The van der Waals surface area contributed by atoms with Crippen molar-refractivity contribution in [3.63, 3.8) is 0 Å². The van der Waals surface area contributed by atoms with E-state index < -0.39 is 0 Å². The molecule has 0 unspecified atom stereocenters. The number of nitrogens with zero attached hydrogens (tertiary/aromatic N) is 4. The SMILES string of the molecule is Cc1cc(-n2cccc2/C(N)=N/O)ncn1. The Morgan fingerprint density at radius 1 is 1.50 bits per heavy atom. The Morgan fingerprint density at radius 2 is 2.31 bits per heavy atom. The molecule has 0 bridgehead atoms. The van der Waals surface area contributed by atoms with Gasteiger partial charge in [-0.2, -0.15) is 0 Å². The van der Waals surface area contributed by atoms with E-state index in [4.69, 9.17) is 10.9 Å². The summed E-state index contributed by atoms with van der Waals surface area (Å²) in [6, 6.07) is 5.35. The van der Waals surface area contributed by atoms with Crippen molar-refractivity contribution >= 4 is 5.84 Å². The predicted molar refractivity (Wildman–Crippen MR) is 58.6 cm³/mol. The second-order valence-electron chi connectivity index (χ2n) is 3.27. The molecule has 0 fully saturated rings. The van der Waals surface area contributed by atoms with Crippen LogP contribution in [0.3, 0.4) is 0 Å². The highest BCUT2D eigenvalue weighted by atomic mass is 16.4. The molecule has 0 amide bonds. The van der Waals surface area contributed by atoms with E-state index in [-0.39, 0.29) is 5.84 Å². The van der Waals surface area contributed by atoms with Crippen LogP contribution < -0.4 is 5.73 Å². The third-order valence-corrected chi connectivity index (χ3v) is 2.16. The molecule has 2 heterocycles. The summed E-state index contributed by atoms with van der Waals surface area (Å²) in [5.74, 6) is 0.723. The molecule has 0 aliphatic rings. The van der Waals surface area contributed by atoms with Crippen molar-refractivity contribution in [3.8, 4) is 5.82 Å². The molecule has 16 heavy (non-hydrogen) atoms. The quantitative estimate of drug-likeness (QED) is 0.335. The number of oxime groups is 1. The molecule has 2 rings (SSSR count). The van der Waals surface area contributed by atoms with Gasteiger partial charge in [-0.25, -0.2) is 9.97 Å². The highest BCUT2D eigenvalue weighted by Gasteiger charge is 2.08. The maximum absolute atomic E-state index is 8.65. The van der Waals surface area contributed by atoms with Gasteiger partial charge in [0.25, 0.3) is 0 Å². The first-order valence-electron chi connectivity index (χ1n) is 4.66. The summed E-state index contributed by atoms with van der Waals surface area (Å²) >= 11 is 0. The Labute approximate surface area is 92.1 Å². The van der Waals surface area contributed by atoms with Gasteiger partial charge < -0.3 is 10.9 Å². The summed E-state index contributed by atoms with van der Waals surface area (Å²) in [4.78, 5) is 8.13. The van der Waals surface area contributed by atoms with E-state index in [1.54, 1.807) is 22.9 Å². The van der Waals surface area contributed by atoms with Crippen molar-refractivity contribution in [1.82, 2.24) is 14.5 Å². The van der Waals surface area contributed by atoms with Gasteiger partial charge in [-0.05, 0) is 19.1 Å². The Hall–Kier alpha value is -2.37. The van der Waals surface area contributed by atoms with Crippen LogP contribution in [0.25, 0.3) is 5.82 Å². The zero-order valence-electron chi connectivity index (χ0n) is 8.70. The number of rotatable bonds is 2. The molecule has 0 saturated carbocycles. The predicted octanol–water partition coefficient (Wildman–Crippen LogP) is 0.670. The molecule has 0 aliphatic heterocycles. The number of nitrogens with two attached hydrogens (primary N) is 1. The van der Waals surface area contributed by atoms with Crippen LogP contribution in [-0.2, 0) is 0 Å². The van der Waals surface area contributed by atoms with Crippen molar-refractivity contribution in [2.75, 3.05) is 0 Å². The Morgan fingerprint density at radius 3 is 3.00 bits per heavy atom. The van der Waals surface area contributed by atoms with E-state index >= 15 is 0 Å². The van der Waals surface area contributed by atoms with Crippen LogP contribution in [0.4, 0.5) is 0 Å². The average molecular weight is 217 g/mol. The first-order valence-corrected chi connectivity index (χ1v) is 4.66. The smallest absolute Gasteiger partial charge is 0.187 e. The summed E-state index contributed by atoms with van der Waals surface area (Å²) in [5.41, 5.74) is 6.99. The minimum atomic E-state index is 0.0428. The van der Waals surface area contributed by atoms with Gasteiger partial charge >= 0.3 is 0 Å². The molecule has 2 aromatic heterocycles. The van der Waals surface area contributed by atoms with Gasteiger partial charge in [0.05, 0.1) is 5.69 Å². The lowest BCUT2D eigenvalue weighted by molar-refractivity contribution is 0.318. The highest BCUT2D eigenvalue weighted by Crippen LogP contribution is 2.10. The lowest BCUT2D eigenvalue weighted by atomic mass is 10.4. The van der Waals surface area contributed by atoms with Gasteiger partial charge in [-0.3, -0.25) is 4.57 Å². The van der Waals surface area contributed by atoms with Crippen molar-refractivity contribution < 1.29 is 5.21 Å². The van der Waals surface area contributed by atoms with Crippen molar-refractivity contribution in [3.05, 3.63) is 42.1 Å². The van der Waals surface area contributed by atoms with Gasteiger partial charge in [-0.1, -0.05) is 5.16 Å². The second kappa shape index (κ2) is 4.01. The number of hydrogen-bond donors (Lipinski definition) is 2. The monoisotopic (exact) mass is 217 g/mol. The van der Waals surface area contributed by atoms with Crippen LogP contribution >= 0.6 is 0 Å². The van der Waals surface area contributed by atoms with E-state index in [1.807, 2.05) is 13.0 Å². The fraction of sp³-hybridized carbons (Fsp3) is 0.100. The van der Waals surface area contributed by atoms with Crippen LogP contribution in [0.1, 0.15) is 11.4 Å². The van der Waals surface area contributed by atoms with Crippen LogP contribution in [0, 0.1) is 6.92 Å². The minimum absolute atomic E-state index is 0.0428. The average Bonchev–Trinajstić information content (AvgIpc) is 2.77. The fourth-order valence-corrected chi connectivity index (χ4v) is 1.41. The number of hydrogen-bond acceptors (Lipinski definition) is 4. The van der Waals surface area contributed by atoms with Crippen LogP contribution in [0.2, 0.25) is 0 Å². The summed E-state index contributed by atoms with van der Waals surface area (Å²) in [6.45, 7) is 1.87. The standard InChI is InChI=1S/C10H11N5O/c1-7-5-9(13-6-12-7)15-4-2-3-8(15)10(11)14-16/h2-6,16H,1H3,(H2,11,14). The second-order valence-corrected chi connectivity index (χ2v) is 3.27. The van der Waals surface area contributed by atoms with E-state index in [9.17, 15) is 0 Å². The van der Waals surface area contributed by atoms with E-state index in [0.29, 0.717) is 11.5 Å². The van der Waals surface area contributed by atoms with E-state index in [0.717, 1.165) is 5.69 Å². The molecule has 6 nitrogen and oxygen atoms in total. The molecule has 0 saturated heterocycles. The maximum Gasteiger partial charge on any atom is 0.187 e. The van der Waals surface area contributed by atoms with Gasteiger partial charge in [-0.15, -0.1) is 0 Å². The molecular weight excluding hydrogens is 206 g/mol. The normalized spacial score (nSPS) is 11.7. The summed E-state index contributed by atoms with van der Waals surface area (Å²) < 4.78 is 1.73. The Balaban J connectivity index is 2.53. The lowest BCUT2D eigenvalue weighted by Crippen LogP contribution is -2.17. The van der Waals surface area contributed by atoms with Crippen molar-refractivity contribution in [2.24, 2.45) is 10.9 Å². The zero-order valence-corrected chi connectivity index (χ0v) is 8.70. The summed E-state index contributed by atoms with van der Waals surface area (Å²) in [6.07, 6.45) is 3.26. The summed E-state index contributed by atoms with van der Waals surface area (Å²) in [5, 5.41) is 11.6. The van der Waals surface area contributed by atoms with Crippen molar-refractivity contribution in [2.45, 2.75) is 6.92 Å². The molecule has 3 N–H and O–H groups in total. The first-order chi connectivity index (χ1) is 7.72. The molecule has 82 valence electrons. The lowest BCUT2D eigenvalue weighted by Gasteiger charge is -2.06. The topological polar surface area (TPSA) is 89.3 Å². The van der Waals surface area contributed by atoms with Crippen LogP contribution in [0.15, 0.2) is 35.9 Å². The van der Waals surface area contributed by atoms with Gasteiger partial charge in [0, 0.05) is 18.0 Å². The third kappa shape index (κ3) is 1.72. The van der Waals surface area contributed by atoms with E-state index in [1.165, 1.54) is 6.33 Å². The van der Waals surface area contributed by atoms with E-state index in [2.05, 4.69) is 15.1 Å². The largest absolute Gasteiger partial charge is 0.409 e. The first kappa shape index (κ1) is 10.2. The molecule has 0 aliphatic carbocycles. The highest BCUT2D eigenvalue weighted by molar-refractivity contribution is 5.96. The van der Waals surface area contributed by atoms with Crippen LogP contribution in [0.5, 0.6) is 0 Å². The van der Waals surface area contributed by atoms with Crippen LogP contribution in [-0.4, -0.2) is 25.6 Å². The molecule has 0 atom stereocenters. The number of amidine groups is 1. The Kier molecular flexibility index (Phi) is 2.55. The zero-order chi connectivity index (χ0) is 11.5. The Bertz CT molecular complexity index is 532. The van der Waals surface area contributed by atoms with Crippen molar-refractivity contribution in [1.29, 1.82) is 0 Å². The molecule has 2 aromatic rings. The molecule has 0 aromatic carbocycles. The summed E-state index contributed by atoms with van der Waals surface area (Å²) in [7, 11) is 0. The molecule has 0 spiro atoms. The molecule has 0 radical (unpaired) electrons. The fourth-order valence-electron chi connectivity index (χ4n) is 1.41. The van der Waals surface area contributed by atoms with Gasteiger partial charge in [0.15, 0.2) is 5.84 Å². The van der Waals surface area contributed by atoms with Gasteiger partial charge in [0.2, 0.25) is 0 Å².